The van der Waals surface area contributed by atoms with Crippen LogP contribution in [0, 0.1) is 10.1 Å². The van der Waals surface area contributed by atoms with Gasteiger partial charge in [0.15, 0.2) is 11.5 Å². The van der Waals surface area contributed by atoms with E-state index < -0.39 is 4.92 Å². The Morgan fingerprint density at radius 1 is 1.33 bits per heavy atom. The van der Waals surface area contributed by atoms with Crippen molar-refractivity contribution in [2.24, 2.45) is 0 Å². The lowest BCUT2D eigenvalue weighted by molar-refractivity contribution is -0.385. The van der Waals surface area contributed by atoms with Gasteiger partial charge in [0, 0.05) is 10.9 Å². The number of benzene rings is 1. The highest BCUT2D eigenvalue weighted by molar-refractivity contribution is 9.08. The summed E-state index contributed by atoms with van der Waals surface area (Å²) in [6, 6.07) is 2.95. The van der Waals surface area contributed by atoms with Gasteiger partial charge in [-0.3, -0.25) is 10.1 Å². The summed E-state index contributed by atoms with van der Waals surface area (Å²) in [7, 11) is 2.93. The molecule has 15 heavy (non-hydrogen) atoms. The number of rotatable bonds is 4. The van der Waals surface area contributed by atoms with E-state index in [-0.39, 0.29) is 5.69 Å². The van der Waals surface area contributed by atoms with E-state index >= 15 is 0 Å². The van der Waals surface area contributed by atoms with Crippen LogP contribution in [-0.4, -0.2) is 19.1 Å². The topological polar surface area (TPSA) is 61.6 Å². The molecule has 0 atom stereocenters. The van der Waals surface area contributed by atoms with Crippen LogP contribution in [0.1, 0.15) is 5.56 Å². The molecule has 0 saturated carbocycles. The van der Waals surface area contributed by atoms with Crippen LogP contribution in [0.15, 0.2) is 12.1 Å². The maximum absolute atomic E-state index is 10.7. The Balaban J connectivity index is 3.34. The Morgan fingerprint density at radius 3 is 2.27 bits per heavy atom. The maximum Gasteiger partial charge on any atom is 0.277 e. The second-order valence-electron chi connectivity index (χ2n) is 2.73. The van der Waals surface area contributed by atoms with Crippen LogP contribution in [-0.2, 0) is 5.33 Å². The van der Waals surface area contributed by atoms with Crippen LogP contribution < -0.4 is 9.47 Å². The third kappa shape index (κ3) is 2.38. The van der Waals surface area contributed by atoms with E-state index in [4.69, 9.17) is 9.47 Å². The molecule has 0 amide bonds. The van der Waals surface area contributed by atoms with Gasteiger partial charge in [0.05, 0.1) is 25.2 Å². The zero-order chi connectivity index (χ0) is 11.4. The fraction of sp³-hybridized carbons (Fsp3) is 0.333. The van der Waals surface area contributed by atoms with Gasteiger partial charge in [-0.05, 0) is 6.07 Å². The van der Waals surface area contributed by atoms with Crippen molar-refractivity contribution in [2.45, 2.75) is 5.33 Å². The Kier molecular flexibility index (Phi) is 3.90. The van der Waals surface area contributed by atoms with Gasteiger partial charge in [0.1, 0.15) is 0 Å². The molecule has 0 bridgehead atoms. The van der Waals surface area contributed by atoms with Crippen molar-refractivity contribution in [2.75, 3.05) is 14.2 Å². The average molecular weight is 276 g/mol. The molecule has 5 nitrogen and oxygen atoms in total. The molecule has 1 aromatic carbocycles. The maximum atomic E-state index is 10.7. The molecular formula is C9H10BrNO4. The summed E-state index contributed by atoms with van der Waals surface area (Å²) in [6.45, 7) is 0. The van der Waals surface area contributed by atoms with Gasteiger partial charge in [-0.15, -0.1) is 0 Å². The molecule has 82 valence electrons. The van der Waals surface area contributed by atoms with E-state index in [2.05, 4.69) is 15.9 Å². The number of nitro groups is 1. The first kappa shape index (κ1) is 11.8. The lowest BCUT2D eigenvalue weighted by Crippen LogP contribution is -1.97. The first-order chi connectivity index (χ1) is 7.13. The fourth-order valence-corrected chi connectivity index (χ4v) is 1.64. The summed E-state index contributed by atoms with van der Waals surface area (Å²) in [4.78, 5) is 10.3. The molecule has 0 radical (unpaired) electrons. The lowest BCUT2D eigenvalue weighted by Gasteiger charge is -2.08. The molecule has 0 aliphatic heterocycles. The van der Waals surface area contributed by atoms with Crippen LogP contribution in [0.4, 0.5) is 5.69 Å². The number of methoxy groups -OCH3 is 2. The Morgan fingerprint density at radius 2 is 1.87 bits per heavy atom. The van der Waals surface area contributed by atoms with E-state index in [0.717, 1.165) is 0 Å². The SMILES string of the molecule is COc1cc(CBr)c([N+](=O)[O-])cc1OC. The number of ether oxygens (including phenoxy) is 2. The molecule has 0 spiro atoms. The van der Waals surface area contributed by atoms with Crippen molar-refractivity contribution in [3.63, 3.8) is 0 Å². The molecule has 1 rings (SSSR count). The molecule has 0 unspecified atom stereocenters. The molecule has 0 aromatic heterocycles. The minimum absolute atomic E-state index is 0.0181. The van der Waals surface area contributed by atoms with E-state index in [1.807, 2.05) is 0 Å². The van der Waals surface area contributed by atoms with E-state index in [0.29, 0.717) is 22.4 Å². The normalized spacial score (nSPS) is 9.80. The molecule has 0 saturated heterocycles. The van der Waals surface area contributed by atoms with Crippen molar-refractivity contribution in [1.82, 2.24) is 0 Å². The standard InChI is InChI=1S/C9H10BrNO4/c1-14-8-3-6(5-10)7(11(12)13)4-9(8)15-2/h3-4H,5H2,1-2H3. The first-order valence-electron chi connectivity index (χ1n) is 4.09. The number of halogens is 1. The third-order valence-electron chi connectivity index (χ3n) is 1.93. The van der Waals surface area contributed by atoms with Crippen molar-refractivity contribution < 1.29 is 14.4 Å². The predicted octanol–water partition coefficient (Wildman–Crippen LogP) is 2.51. The quantitative estimate of drug-likeness (QED) is 0.481. The smallest absolute Gasteiger partial charge is 0.277 e. The van der Waals surface area contributed by atoms with Crippen LogP contribution >= 0.6 is 15.9 Å². The van der Waals surface area contributed by atoms with Gasteiger partial charge in [-0.2, -0.15) is 0 Å². The van der Waals surface area contributed by atoms with E-state index in [1.54, 1.807) is 6.07 Å². The highest BCUT2D eigenvalue weighted by Gasteiger charge is 2.18. The van der Waals surface area contributed by atoms with E-state index in [9.17, 15) is 10.1 Å². The second-order valence-corrected chi connectivity index (χ2v) is 3.29. The summed E-state index contributed by atoms with van der Waals surface area (Å²) >= 11 is 3.19. The van der Waals surface area contributed by atoms with Crippen LogP contribution in [0.2, 0.25) is 0 Å². The molecule has 0 heterocycles. The zero-order valence-corrected chi connectivity index (χ0v) is 9.91. The highest BCUT2D eigenvalue weighted by Crippen LogP contribution is 2.35. The molecule has 6 heteroatoms. The number of hydrogen-bond donors (Lipinski definition) is 0. The van der Waals surface area contributed by atoms with Crippen LogP contribution in [0.3, 0.4) is 0 Å². The van der Waals surface area contributed by atoms with Crippen molar-refractivity contribution in [3.05, 3.63) is 27.8 Å². The first-order valence-corrected chi connectivity index (χ1v) is 5.21. The Labute approximate surface area is 95.3 Å². The average Bonchev–Trinajstić information content (AvgIpc) is 2.26. The van der Waals surface area contributed by atoms with Gasteiger partial charge in [-0.1, -0.05) is 15.9 Å². The molecule has 1 aromatic rings. The summed E-state index contributed by atoms with van der Waals surface area (Å²) in [5.74, 6) is 0.839. The largest absolute Gasteiger partial charge is 0.493 e. The van der Waals surface area contributed by atoms with Gasteiger partial charge in [0.25, 0.3) is 5.69 Å². The lowest BCUT2D eigenvalue weighted by atomic mass is 10.2. The molecule has 0 N–H and O–H groups in total. The van der Waals surface area contributed by atoms with Crippen LogP contribution in [0.5, 0.6) is 11.5 Å². The van der Waals surface area contributed by atoms with Crippen LogP contribution in [0.25, 0.3) is 0 Å². The zero-order valence-electron chi connectivity index (χ0n) is 8.32. The van der Waals surface area contributed by atoms with Crippen molar-refractivity contribution >= 4 is 21.6 Å². The minimum Gasteiger partial charge on any atom is -0.493 e. The summed E-state index contributed by atoms with van der Waals surface area (Å²) in [6.07, 6.45) is 0. The molecular weight excluding hydrogens is 266 g/mol. The molecule has 0 aliphatic carbocycles. The summed E-state index contributed by atoms with van der Waals surface area (Å²) in [5, 5.41) is 11.1. The molecule has 0 aliphatic rings. The molecule has 0 fully saturated rings. The predicted molar refractivity (Wildman–Crippen MR) is 58.8 cm³/mol. The number of hydrogen-bond acceptors (Lipinski definition) is 4. The van der Waals surface area contributed by atoms with Crippen molar-refractivity contribution in [3.8, 4) is 11.5 Å². The Bertz CT molecular complexity index is 381. The second kappa shape index (κ2) is 4.97. The number of nitrogens with zero attached hydrogens (tertiary/aromatic N) is 1. The number of nitro benzene ring substituents is 1. The van der Waals surface area contributed by atoms with Gasteiger partial charge >= 0.3 is 0 Å². The fourth-order valence-electron chi connectivity index (χ4n) is 1.19. The van der Waals surface area contributed by atoms with Gasteiger partial charge in [-0.25, -0.2) is 0 Å². The Hall–Kier alpha value is -1.30. The minimum atomic E-state index is -0.446. The summed E-state index contributed by atoms with van der Waals surface area (Å²) < 4.78 is 10.0. The highest BCUT2D eigenvalue weighted by atomic mass is 79.9. The summed E-state index contributed by atoms with van der Waals surface area (Å²) in [5.41, 5.74) is 0.571. The third-order valence-corrected chi connectivity index (χ3v) is 2.53. The van der Waals surface area contributed by atoms with Gasteiger partial charge in [0.2, 0.25) is 0 Å². The van der Waals surface area contributed by atoms with Crippen molar-refractivity contribution in [1.29, 1.82) is 0 Å². The van der Waals surface area contributed by atoms with Gasteiger partial charge < -0.3 is 9.47 Å². The monoisotopic (exact) mass is 275 g/mol. The number of alkyl halides is 1. The van der Waals surface area contributed by atoms with E-state index in [1.165, 1.54) is 20.3 Å².